The summed E-state index contributed by atoms with van der Waals surface area (Å²) in [6.07, 6.45) is 1.73. The van der Waals surface area contributed by atoms with Gasteiger partial charge in [0.25, 0.3) is 5.91 Å². The molecule has 2 heterocycles. The number of thiazole rings is 1. The average molecular weight is 263 g/mol. The number of carbonyl (C=O) groups excluding carboxylic acids is 1. The minimum Gasteiger partial charge on any atom is -0.396 e. The van der Waals surface area contributed by atoms with Gasteiger partial charge in [-0.15, -0.1) is 11.3 Å². The van der Waals surface area contributed by atoms with Crippen molar-refractivity contribution < 1.29 is 4.79 Å². The Morgan fingerprint density at radius 2 is 2.28 bits per heavy atom. The standard InChI is InChI=1S/C11H13N5OS/c1-6(11-14-4-5-18-11)15-10-7(12)2-3-8(16-10)9(13)17/h2-6H,12H2,1H3,(H2,13,17)(H,15,16). The average Bonchev–Trinajstić information content (AvgIpc) is 2.85. The molecule has 94 valence electrons. The van der Waals surface area contributed by atoms with Crippen LogP contribution < -0.4 is 16.8 Å². The highest BCUT2D eigenvalue weighted by Gasteiger charge is 2.12. The lowest BCUT2D eigenvalue weighted by Gasteiger charge is -2.14. The summed E-state index contributed by atoms with van der Waals surface area (Å²) in [6, 6.07) is 3.06. The van der Waals surface area contributed by atoms with Crippen molar-refractivity contribution in [3.05, 3.63) is 34.4 Å². The van der Waals surface area contributed by atoms with Crippen LogP contribution in [0.3, 0.4) is 0 Å². The summed E-state index contributed by atoms with van der Waals surface area (Å²) in [5, 5.41) is 5.92. The third kappa shape index (κ3) is 2.57. The van der Waals surface area contributed by atoms with E-state index in [1.807, 2.05) is 12.3 Å². The van der Waals surface area contributed by atoms with Gasteiger partial charge in [0.05, 0.1) is 11.7 Å². The molecule has 1 amide bonds. The fourth-order valence-electron chi connectivity index (χ4n) is 1.44. The minimum absolute atomic E-state index is 0.0390. The highest BCUT2D eigenvalue weighted by Crippen LogP contribution is 2.23. The summed E-state index contributed by atoms with van der Waals surface area (Å²) >= 11 is 1.53. The van der Waals surface area contributed by atoms with Crippen LogP contribution in [0.15, 0.2) is 23.7 Å². The van der Waals surface area contributed by atoms with Gasteiger partial charge in [0, 0.05) is 11.6 Å². The van der Waals surface area contributed by atoms with Crippen molar-refractivity contribution in [3.63, 3.8) is 0 Å². The summed E-state index contributed by atoms with van der Waals surface area (Å²) in [4.78, 5) is 19.3. The molecular weight excluding hydrogens is 250 g/mol. The van der Waals surface area contributed by atoms with Gasteiger partial charge >= 0.3 is 0 Å². The molecule has 0 aromatic carbocycles. The van der Waals surface area contributed by atoms with E-state index in [4.69, 9.17) is 11.5 Å². The maximum Gasteiger partial charge on any atom is 0.267 e. The van der Waals surface area contributed by atoms with Gasteiger partial charge in [-0.2, -0.15) is 0 Å². The lowest BCUT2D eigenvalue weighted by atomic mass is 10.3. The molecule has 1 atom stereocenters. The van der Waals surface area contributed by atoms with E-state index in [0.29, 0.717) is 11.5 Å². The molecule has 5 N–H and O–H groups in total. The number of aromatic nitrogens is 2. The number of anilines is 2. The number of amides is 1. The SMILES string of the molecule is CC(Nc1nc(C(N)=O)ccc1N)c1nccs1. The van der Waals surface area contributed by atoms with Crippen molar-refractivity contribution in [1.82, 2.24) is 9.97 Å². The Hall–Kier alpha value is -2.15. The fraction of sp³-hybridized carbons (Fsp3) is 0.182. The highest BCUT2D eigenvalue weighted by molar-refractivity contribution is 7.09. The van der Waals surface area contributed by atoms with Crippen molar-refractivity contribution in [2.45, 2.75) is 13.0 Å². The Bertz CT molecular complexity index is 555. The van der Waals surface area contributed by atoms with E-state index in [1.54, 1.807) is 12.3 Å². The zero-order chi connectivity index (χ0) is 13.1. The second-order valence-electron chi connectivity index (χ2n) is 3.73. The van der Waals surface area contributed by atoms with E-state index < -0.39 is 5.91 Å². The molecule has 6 nitrogen and oxygen atoms in total. The third-order valence-corrected chi connectivity index (χ3v) is 3.31. The molecule has 0 aliphatic heterocycles. The molecule has 0 spiro atoms. The molecule has 0 aliphatic rings. The van der Waals surface area contributed by atoms with Crippen LogP contribution in [0.1, 0.15) is 28.5 Å². The number of nitrogens with one attached hydrogen (secondary N) is 1. The molecular formula is C11H13N5OS. The molecule has 0 saturated carbocycles. The summed E-state index contributed by atoms with van der Waals surface area (Å²) in [6.45, 7) is 1.94. The van der Waals surface area contributed by atoms with Crippen molar-refractivity contribution in [3.8, 4) is 0 Å². The maximum absolute atomic E-state index is 11.1. The van der Waals surface area contributed by atoms with Crippen LogP contribution in [0.25, 0.3) is 0 Å². The Balaban J connectivity index is 2.23. The Kier molecular flexibility index (Phi) is 3.42. The van der Waals surface area contributed by atoms with Gasteiger partial charge in [-0.1, -0.05) is 0 Å². The van der Waals surface area contributed by atoms with Crippen molar-refractivity contribution >= 4 is 28.7 Å². The normalized spacial score (nSPS) is 12.1. The number of hydrogen-bond donors (Lipinski definition) is 3. The number of nitrogens with two attached hydrogens (primary N) is 2. The van der Waals surface area contributed by atoms with Gasteiger partial charge in [0.15, 0.2) is 5.82 Å². The Morgan fingerprint density at radius 3 is 2.89 bits per heavy atom. The molecule has 2 rings (SSSR count). The zero-order valence-corrected chi connectivity index (χ0v) is 10.6. The Labute approximate surface area is 108 Å². The number of primary amides is 1. The smallest absolute Gasteiger partial charge is 0.267 e. The molecule has 18 heavy (non-hydrogen) atoms. The lowest BCUT2D eigenvalue weighted by molar-refractivity contribution is 0.0995. The summed E-state index contributed by atoms with van der Waals surface area (Å²) in [5.74, 6) is -0.144. The van der Waals surface area contributed by atoms with Gasteiger partial charge in [-0.05, 0) is 19.1 Å². The van der Waals surface area contributed by atoms with Crippen molar-refractivity contribution in [2.75, 3.05) is 11.1 Å². The predicted molar refractivity (Wildman–Crippen MR) is 71.3 cm³/mol. The first-order valence-electron chi connectivity index (χ1n) is 5.30. The summed E-state index contributed by atoms with van der Waals surface area (Å²) in [7, 11) is 0. The number of nitrogens with zero attached hydrogens (tertiary/aromatic N) is 2. The second-order valence-corrected chi connectivity index (χ2v) is 4.66. The van der Waals surface area contributed by atoms with Gasteiger partial charge in [-0.3, -0.25) is 4.79 Å². The van der Waals surface area contributed by atoms with E-state index in [9.17, 15) is 4.79 Å². The number of hydrogen-bond acceptors (Lipinski definition) is 6. The molecule has 2 aromatic heterocycles. The topological polar surface area (TPSA) is 107 Å². The third-order valence-electron chi connectivity index (χ3n) is 2.35. The van der Waals surface area contributed by atoms with Crippen LogP contribution in [0.4, 0.5) is 11.5 Å². The minimum atomic E-state index is -0.583. The van der Waals surface area contributed by atoms with E-state index in [2.05, 4.69) is 15.3 Å². The van der Waals surface area contributed by atoms with Crippen LogP contribution in [-0.4, -0.2) is 15.9 Å². The molecule has 0 bridgehead atoms. The molecule has 0 saturated heterocycles. The first-order chi connectivity index (χ1) is 8.58. The van der Waals surface area contributed by atoms with E-state index in [-0.39, 0.29) is 11.7 Å². The van der Waals surface area contributed by atoms with Gasteiger partial charge < -0.3 is 16.8 Å². The second kappa shape index (κ2) is 5.01. The molecule has 0 aliphatic carbocycles. The van der Waals surface area contributed by atoms with Crippen molar-refractivity contribution in [1.29, 1.82) is 0 Å². The monoisotopic (exact) mass is 263 g/mol. The van der Waals surface area contributed by atoms with Gasteiger partial charge in [0.2, 0.25) is 0 Å². The zero-order valence-electron chi connectivity index (χ0n) is 9.75. The van der Waals surface area contributed by atoms with Crippen LogP contribution in [0.2, 0.25) is 0 Å². The Morgan fingerprint density at radius 1 is 1.50 bits per heavy atom. The number of carbonyl (C=O) groups is 1. The maximum atomic E-state index is 11.1. The predicted octanol–water partition coefficient (Wildman–Crippen LogP) is 1.39. The molecule has 1 unspecified atom stereocenters. The largest absolute Gasteiger partial charge is 0.396 e. The van der Waals surface area contributed by atoms with Crippen LogP contribution in [0, 0.1) is 0 Å². The number of pyridine rings is 1. The number of rotatable bonds is 4. The summed E-state index contributed by atoms with van der Waals surface area (Å²) < 4.78 is 0. The quantitative estimate of drug-likeness (QED) is 0.772. The fourth-order valence-corrected chi connectivity index (χ4v) is 2.08. The van der Waals surface area contributed by atoms with Gasteiger partial charge in [-0.25, -0.2) is 9.97 Å². The van der Waals surface area contributed by atoms with E-state index in [0.717, 1.165) is 5.01 Å². The van der Waals surface area contributed by atoms with Crippen LogP contribution in [-0.2, 0) is 0 Å². The van der Waals surface area contributed by atoms with Crippen molar-refractivity contribution in [2.24, 2.45) is 5.73 Å². The lowest BCUT2D eigenvalue weighted by Crippen LogP contribution is -2.16. The molecule has 7 heteroatoms. The first-order valence-corrected chi connectivity index (χ1v) is 6.18. The first kappa shape index (κ1) is 12.3. The molecule has 2 aromatic rings. The van der Waals surface area contributed by atoms with Crippen LogP contribution >= 0.6 is 11.3 Å². The highest BCUT2D eigenvalue weighted by atomic mass is 32.1. The van der Waals surface area contributed by atoms with Gasteiger partial charge in [0.1, 0.15) is 10.7 Å². The van der Waals surface area contributed by atoms with Crippen LogP contribution in [0.5, 0.6) is 0 Å². The molecule has 0 radical (unpaired) electrons. The van der Waals surface area contributed by atoms with E-state index >= 15 is 0 Å². The molecule has 0 fully saturated rings. The number of nitrogen functional groups attached to an aromatic ring is 1. The summed E-state index contributed by atoms with van der Waals surface area (Å²) in [5.41, 5.74) is 11.6. The van der Waals surface area contributed by atoms with E-state index in [1.165, 1.54) is 17.4 Å².